The number of hydrogen-bond donors (Lipinski definition) is 3. The highest BCUT2D eigenvalue weighted by atomic mass is 35.5. The summed E-state index contributed by atoms with van der Waals surface area (Å²) >= 11 is 6.16. The van der Waals surface area contributed by atoms with Gasteiger partial charge in [0.05, 0.1) is 10.5 Å². The zero-order valence-corrected chi connectivity index (χ0v) is 11.9. The van der Waals surface area contributed by atoms with Gasteiger partial charge in [-0.05, 0) is 25.1 Å². The van der Waals surface area contributed by atoms with Crippen LogP contribution in [0, 0.1) is 6.92 Å². The second kappa shape index (κ2) is 5.02. The minimum Gasteiger partial charge on any atom is -0.360 e. The van der Waals surface area contributed by atoms with E-state index < -0.39 is 0 Å². The summed E-state index contributed by atoms with van der Waals surface area (Å²) in [6.07, 6.45) is 3.65. The first-order valence-electron chi connectivity index (χ1n) is 6.23. The summed E-state index contributed by atoms with van der Waals surface area (Å²) in [5.41, 5.74) is 2.84. The maximum absolute atomic E-state index is 6.16. The van der Waals surface area contributed by atoms with Gasteiger partial charge in [0, 0.05) is 36.1 Å². The molecule has 2 heterocycles. The number of aromatic nitrogens is 3. The molecule has 0 radical (unpaired) electrons. The summed E-state index contributed by atoms with van der Waals surface area (Å²) in [5, 5.41) is 7.99. The number of aryl methyl sites for hydroxylation is 1. The van der Waals surface area contributed by atoms with Crippen LogP contribution in [0.2, 0.25) is 5.02 Å². The molecule has 3 N–H and O–H groups in total. The van der Waals surface area contributed by atoms with Crippen LogP contribution < -0.4 is 10.6 Å². The van der Waals surface area contributed by atoms with Crippen molar-refractivity contribution in [2.45, 2.75) is 6.92 Å². The molecule has 0 saturated carbocycles. The van der Waals surface area contributed by atoms with Gasteiger partial charge in [0.25, 0.3) is 0 Å². The van der Waals surface area contributed by atoms with Crippen LogP contribution in [0.5, 0.6) is 0 Å². The molecule has 2 aromatic heterocycles. The lowest BCUT2D eigenvalue weighted by Crippen LogP contribution is -2.02. The van der Waals surface area contributed by atoms with E-state index in [1.54, 1.807) is 13.2 Å². The van der Waals surface area contributed by atoms with Crippen molar-refractivity contribution in [3.8, 4) is 0 Å². The largest absolute Gasteiger partial charge is 0.360 e. The number of anilines is 3. The maximum Gasteiger partial charge on any atom is 0.224 e. The van der Waals surface area contributed by atoms with Crippen LogP contribution in [-0.4, -0.2) is 22.0 Å². The molecule has 6 heteroatoms. The van der Waals surface area contributed by atoms with Crippen LogP contribution in [-0.2, 0) is 0 Å². The first-order chi connectivity index (χ1) is 9.69. The minimum atomic E-state index is 0.581. The summed E-state index contributed by atoms with van der Waals surface area (Å²) in [6, 6.07) is 5.79. The molecule has 0 saturated heterocycles. The number of H-pyrrole nitrogens is 1. The third kappa shape index (κ3) is 2.16. The average molecular weight is 288 g/mol. The lowest BCUT2D eigenvalue weighted by Gasteiger charge is -2.11. The molecule has 0 atom stereocenters. The third-order valence-corrected chi connectivity index (χ3v) is 3.44. The molecule has 0 bridgehead atoms. The Hall–Kier alpha value is -2.27. The summed E-state index contributed by atoms with van der Waals surface area (Å²) < 4.78 is 0. The van der Waals surface area contributed by atoms with Crippen molar-refractivity contribution in [3.05, 3.63) is 41.2 Å². The monoisotopic (exact) mass is 287 g/mol. The fourth-order valence-corrected chi connectivity index (χ4v) is 2.27. The normalized spacial score (nSPS) is 10.8. The Kier molecular flexibility index (Phi) is 3.20. The van der Waals surface area contributed by atoms with Crippen molar-refractivity contribution in [2.24, 2.45) is 0 Å². The molecular formula is C14H14ClN5. The Bertz CT molecular complexity index is 765. The highest BCUT2D eigenvalue weighted by molar-refractivity contribution is 6.35. The van der Waals surface area contributed by atoms with E-state index in [-0.39, 0.29) is 0 Å². The molecule has 0 spiro atoms. The van der Waals surface area contributed by atoms with Crippen molar-refractivity contribution in [2.75, 3.05) is 17.7 Å². The molecule has 5 nitrogen and oxygen atoms in total. The van der Waals surface area contributed by atoms with E-state index in [4.69, 9.17) is 11.6 Å². The molecule has 0 fully saturated rings. The van der Waals surface area contributed by atoms with Gasteiger partial charge in [-0.2, -0.15) is 4.98 Å². The van der Waals surface area contributed by atoms with Gasteiger partial charge in [-0.1, -0.05) is 11.6 Å². The summed E-state index contributed by atoms with van der Waals surface area (Å²) in [7, 11) is 1.79. The smallest absolute Gasteiger partial charge is 0.224 e. The lowest BCUT2D eigenvalue weighted by atomic mass is 10.2. The number of nitrogens with zero attached hydrogens (tertiary/aromatic N) is 2. The quantitative estimate of drug-likeness (QED) is 0.687. The molecule has 3 rings (SSSR count). The van der Waals surface area contributed by atoms with Crippen molar-refractivity contribution in [3.63, 3.8) is 0 Å². The number of hydrogen-bond acceptors (Lipinski definition) is 4. The van der Waals surface area contributed by atoms with Crippen LogP contribution in [0.3, 0.4) is 0 Å². The van der Waals surface area contributed by atoms with E-state index >= 15 is 0 Å². The van der Waals surface area contributed by atoms with Crippen molar-refractivity contribution in [1.82, 2.24) is 15.0 Å². The SMILES string of the molecule is CNc1ncc(C)c(Nc2ccc(Cl)c3[nH]ccc23)n1. The van der Waals surface area contributed by atoms with Gasteiger partial charge in [0.1, 0.15) is 5.82 Å². The highest BCUT2D eigenvalue weighted by Gasteiger charge is 2.08. The van der Waals surface area contributed by atoms with Crippen molar-refractivity contribution in [1.29, 1.82) is 0 Å². The Morgan fingerprint density at radius 2 is 2.10 bits per heavy atom. The van der Waals surface area contributed by atoms with Crippen LogP contribution in [0.25, 0.3) is 10.9 Å². The Labute approximate surface area is 121 Å². The lowest BCUT2D eigenvalue weighted by molar-refractivity contribution is 1.12. The van der Waals surface area contributed by atoms with Gasteiger partial charge in [0.15, 0.2) is 0 Å². The standard InChI is InChI=1S/C14H14ClN5/c1-8-7-18-14(16-2)20-13(8)19-11-4-3-10(15)12-9(11)5-6-17-12/h3-7,17H,1-2H3,(H2,16,18,19,20). The summed E-state index contributed by atoms with van der Waals surface area (Å²) in [4.78, 5) is 11.7. The Morgan fingerprint density at radius 1 is 1.25 bits per heavy atom. The van der Waals surface area contributed by atoms with Gasteiger partial charge in [0.2, 0.25) is 5.95 Å². The molecule has 3 aromatic rings. The topological polar surface area (TPSA) is 65.6 Å². The van der Waals surface area contributed by atoms with Crippen LogP contribution in [0.15, 0.2) is 30.6 Å². The third-order valence-electron chi connectivity index (χ3n) is 3.12. The van der Waals surface area contributed by atoms with E-state index in [1.165, 1.54) is 0 Å². The Morgan fingerprint density at radius 3 is 2.90 bits per heavy atom. The van der Waals surface area contributed by atoms with E-state index in [1.807, 2.05) is 31.3 Å². The zero-order valence-electron chi connectivity index (χ0n) is 11.2. The first kappa shape index (κ1) is 12.7. The van der Waals surface area contributed by atoms with E-state index in [0.717, 1.165) is 28.0 Å². The van der Waals surface area contributed by atoms with Crippen molar-refractivity contribution >= 4 is 40.0 Å². The van der Waals surface area contributed by atoms with Gasteiger partial charge < -0.3 is 15.6 Å². The van der Waals surface area contributed by atoms with Gasteiger partial charge in [-0.25, -0.2) is 4.98 Å². The van der Waals surface area contributed by atoms with Crippen molar-refractivity contribution < 1.29 is 0 Å². The summed E-state index contributed by atoms with van der Waals surface area (Å²) in [5.74, 6) is 1.35. The maximum atomic E-state index is 6.16. The van der Waals surface area contributed by atoms with Crippen LogP contribution in [0.4, 0.5) is 17.5 Å². The molecule has 0 aliphatic carbocycles. The van der Waals surface area contributed by atoms with Crippen LogP contribution >= 0.6 is 11.6 Å². The second-order valence-electron chi connectivity index (χ2n) is 4.46. The zero-order chi connectivity index (χ0) is 14.1. The highest BCUT2D eigenvalue weighted by Crippen LogP contribution is 2.31. The minimum absolute atomic E-state index is 0.581. The molecular weight excluding hydrogens is 274 g/mol. The summed E-state index contributed by atoms with van der Waals surface area (Å²) in [6.45, 7) is 1.96. The number of nitrogens with one attached hydrogen (secondary N) is 3. The number of benzene rings is 1. The molecule has 0 amide bonds. The fraction of sp³-hybridized carbons (Fsp3) is 0.143. The molecule has 0 aliphatic rings. The van der Waals surface area contributed by atoms with Gasteiger partial charge in [-0.3, -0.25) is 0 Å². The van der Waals surface area contributed by atoms with E-state index in [0.29, 0.717) is 11.0 Å². The molecule has 102 valence electrons. The number of fused-ring (bicyclic) bond motifs is 1. The van der Waals surface area contributed by atoms with Gasteiger partial charge >= 0.3 is 0 Å². The molecule has 0 aliphatic heterocycles. The predicted octanol–water partition coefficient (Wildman–Crippen LogP) is 3.71. The molecule has 1 aromatic carbocycles. The first-order valence-corrected chi connectivity index (χ1v) is 6.61. The van der Waals surface area contributed by atoms with E-state index in [9.17, 15) is 0 Å². The second-order valence-corrected chi connectivity index (χ2v) is 4.87. The molecule has 0 unspecified atom stereocenters. The van der Waals surface area contributed by atoms with E-state index in [2.05, 4.69) is 25.6 Å². The number of rotatable bonds is 3. The number of aromatic amines is 1. The predicted molar refractivity (Wildman–Crippen MR) is 82.9 cm³/mol. The molecule has 20 heavy (non-hydrogen) atoms. The fourth-order valence-electron chi connectivity index (χ4n) is 2.05. The number of halogens is 1. The van der Waals surface area contributed by atoms with Crippen LogP contribution in [0.1, 0.15) is 5.56 Å². The van der Waals surface area contributed by atoms with Gasteiger partial charge in [-0.15, -0.1) is 0 Å². The Balaban J connectivity index is 2.05. The average Bonchev–Trinajstić information content (AvgIpc) is 2.94.